The highest BCUT2D eigenvalue weighted by molar-refractivity contribution is 6.32. The highest BCUT2D eigenvalue weighted by Crippen LogP contribution is 2.43. The van der Waals surface area contributed by atoms with E-state index in [9.17, 15) is 4.79 Å². The van der Waals surface area contributed by atoms with E-state index in [1.54, 1.807) is 6.20 Å². The van der Waals surface area contributed by atoms with Crippen molar-refractivity contribution < 1.29 is 4.79 Å². The Morgan fingerprint density at radius 1 is 1.27 bits per heavy atom. The Bertz CT molecular complexity index is 573. The zero-order valence-corrected chi connectivity index (χ0v) is 13.3. The van der Waals surface area contributed by atoms with Crippen LogP contribution in [-0.4, -0.2) is 55.1 Å². The first kappa shape index (κ1) is 14.3. The lowest BCUT2D eigenvalue weighted by Gasteiger charge is -2.43. The van der Waals surface area contributed by atoms with Gasteiger partial charge in [0.1, 0.15) is 5.82 Å². The molecule has 0 spiro atoms. The topological polar surface area (TPSA) is 48.5 Å². The summed E-state index contributed by atoms with van der Waals surface area (Å²) in [6.07, 6.45) is 2.84. The van der Waals surface area contributed by atoms with Crippen molar-refractivity contribution in [2.75, 3.05) is 44.2 Å². The van der Waals surface area contributed by atoms with E-state index in [-0.39, 0.29) is 5.92 Å². The van der Waals surface area contributed by atoms with Gasteiger partial charge in [0.15, 0.2) is 0 Å². The van der Waals surface area contributed by atoms with E-state index in [1.165, 1.54) is 0 Å². The lowest BCUT2D eigenvalue weighted by molar-refractivity contribution is -0.143. The fourth-order valence-electron chi connectivity index (χ4n) is 4.05. The number of anilines is 1. The van der Waals surface area contributed by atoms with Gasteiger partial charge in [0.05, 0.1) is 5.02 Å². The molecule has 22 heavy (non-hydrogen) atoms. The van der Waals surface area contributed by atoms with Gasteiger partial charge in [-0.1, -0.05) is 11.6 Å². The maximum Gasteiger partial charge on any atom is 0.226 e. The fourth-order valence-corrected chi connectivity index (χ4v) is 4.30. The maximum atomic E-state index is 12.7. The molecule has 0 aromatic carbocycles. The first-order chi connectivity index (χ1) is 10.7. The third kappa shape index (κ3) is 2.36. The van der Waals surface area contributed by atoms with Crippen LogP contribution in [0, 0.1) is 17.8 Å². The molecule has 2 saturated heterocycles. The molecule has 1 N–H and O–H groups in total. The van der Waals surface area contributed by atoms with Crippen molar-refractivity contribution in [3.05, 3.63) is 23.4 Å². The first-order valence-corrected chi connectivity index (χ1v) is 8.47. The van der Waals surface area contributed by atoms with Gasteiger partial charge in [-0.2, -0.15) is 0 Å². The monoisotopic (exact) mass is 320 g/mol. The highest BCUT2D eigenvalue weighted by Gasteiger charge is 2.48. The van der Waals surface area contributed by atoms with Gasteiger partial charge in [-0.25, -0.2) is 4.98 Å². The van der Waals surface area contributed by atoms with Gasteiger partial charge >= 0.3 is 0 Å². The number of rotatable bonds is 2. The summed E-state index contributed by atoms with van der Waals surface area (Å²) in [5.41, 5.74) is 0. The molecule has 4 rings (SSSR count). The molecule has 5 nitrogen and oxygen atoms in total. The number of piperazine rings is 1. The summed E-state index contributed by atoms with van der Waals surface area (Å²) in [6.45, 7) is 5.27. The average Bonchev–Trinajstić information content (AvgIpc) is 2.89. The van der Waals surface area contributed by atoms with Crippen molar-refractivity contribution in [1.29, 1.82) is 0 Å². The van der Waals surface area contributed by atoms with Crippen LogP contribution in [0.25, 0.3) is 0 Å². The molecule has 3 atom stereocenters. The fraction of sp³-hybridized carbons (Fsp3) is 0.625. The minimum absolute atomic E-state index is 0.255. The van der Waals surface area contributed by atoms with E-state index in [0.29, 0.717) is 16.8 Å². The summed E-state index contributed by atoms with van der Waals surface area (Å²) in [7, 11) is 0. The van der Waals surface area contributed by atoms with E-state index < -0.39 is 0 Å². The summed E-state index contributed by atoms with van der Waals surface area (Å²) < 4.78 is 0. The Morgan fingerprint density at radius 3 is 2.82 bits per heavy atom. The summed E-state index contributed by atoms with van der Waals surface area (Å²) in [5.74, 6) is 2.76. The molecule has 1 aromatic rings. The third-order valence-corrected chi connectivity index (χ3v) is 5.71. The van der Waals surface area contributed by atoms with Crippen LogP contribution < -0.4 is 10.2 Å². The molecule has 3 fully saturated rings. The molecule has 0 radical (unpaired) electrons. The molecule has 6 heteroatoms. The normalized spacial score (nSPS) is 30.9. The molecule has 3 aliphatic rings. The molecular formula is C16H21ClN4O. The van der Waals surface area contributed by atoms with Crippen LogP contribution in [0.1, 0.15) is 6.42 Å². The van der Waals surface area contributed by atoms with E-state index in [2.05, 4.69) is 15.2 Å². The maximum absolute atomic E-state index is 12.7. The van der Waals surface area contributed by atoms with Crippen LogP contribution in [0.15, 0.2) is 18.3 Å². The average molecular weight is 321 g/mol. The van der Waals surface area contributed by atoms with Crippen molar-refractivity contribution in [2.24, 2.45) is 17.8 Å². The number of carbonyl (C=O) groups excluding carboxylic acids is 1. The van der Waals surface area contributed by atoms with Crippen molar-refractivity contribution >= 4 is 23.3 Å². The number of pyridine rings is 1. The van der Waals surface area contributed by atoms with Crippen molar-refractivity contribution in [2.45, 2.75) is 6.42 Å². The number of nitrogens with one attached hydrogen (secondary N) is 1. The Kier molecular flexibility index (Phi) is 3.70. The summed E-state index contributed by atoms with van der Waals surface area (Å²) >= 11 is 6.21. The summed E-state index contributed by atoms with van der Waals surface area (Å²) in [6, 6.07) is 3.71. The largest absolute Gasteiger partial charge is 0.352 e. The van der Waals surface area contributed by atoms with Gasteiger partial charge in [0.2, 0.25) is 5.91 Å². The number of nitrogens with zero attached hydrogens (tertiary/aromatic N) is 3. The van der Waals surface area contributed by atoms with Crippen LogP contribution in [0.5, 0.6) is 0 Å². The molecule has 1 aliphatic carbocycles. The molecule has 118 valence electrons. The number of aromatic nitrogens is 1. The van der Waals surface area contributed by atoms with E-state index in [0.717, 1.165) is 57.4 Å². The van der Waals surface area contributed by atoms with Gasteiger partial charge in [-0.15, -0.1) is 0 Å². The second-order valence-corrected chi connectivity index (χ2v) is 6.95. The zero-order valence-electron chi connectivity index (χ0n) is 12.5. The SMILES string of the molecule is O=C([C@@H]1C[C@H]2CNC[C@H]21)N1CCN(c2ncccc2Cl)CC1. The van der Waals surface area contributed by atoms with E-state index in [1.807, 2.05) is 17.0 Å². The van der Waals surface area contributed by atoms with Crippen molar-refractivity contribution in [1.82, 2.24) is 15.2 Å². The molecule has 1 amide bonds. The molecule has 1 aromatic heterocycles. The highest BCUT2D eigenvalue weighted by atomic mass is 35.5. The molecule has 1 saturated carbocycles. The lowest BCUT2D eigenvalue weighted by Crippen LogP contribution is -2.54. The van der Waals surface area contributed by atoms with Gasteiger partial charge in [-0.05, 0) is 43.5 Å². The standard InChI is InChI=1S/C16H21ClN4O/c17-14-2-1-3-19-15(14)20-4-6-21(7-5-20)16(22)12-8-11-9-18-10-13(11)12/h1-3,11-13,18H,4-10H2/t11-,12+,13+/m0/s1. The molecule has 2 aliphatic heterocycles. The quantitative estimate of drug-likeness (QED) is 0.890. The van der Waals surface area contributed by atoms with Crippen LogP contribution in [0.2, 0.25) is 5.02 Å². The molecule has 0 unspecified atom stereocenters. The number of amides is 1. The predicted molar refractivity (Wildman–Crippen MR) is 86.0 cm³/mol. The van der Waals surface area contributed by atoms with Crippen LogP contribution in [-0.2, 0) is 4.79 Å². The lowest BCUT2D eigenvalue weighted by atomic mass is 9.66. The van der Waals surface area contributed by atoms with Crippen molar-refractivity contribution in [3.63, 3.8) is 0 Å². The number of halogens is 1. The van der Waals surface area contributed by atoms with Gasteiger partial charge < -0.3 is 15.1 Å². The number of fused-ring (bicyclic) bond motifs is 1. The minimum atomic E-state index is 0.255. The van der Waals surface area contributed by atoms with Crippen LogP contribution in [0.3, 0.4) is 0 Å². The zero-order chi connectivity index (χ0) is 15.1. The van der Waals surface area contributed by atoms with Crippen LogP contribution >= 0.6 is 11.6 Å². The Morgan fingerprint density at radius 2 is 2.09 bits per heavy atom. The van der Waals surface area contributed by atoms with Gasteiger partial charge in [-0.3, -0.25) is 4.79 Å². The predicted octanol–water partition coefficient (Wildman–Crippen LogP) is 1.24. The number of hydrogen-bond donors (Lipinski definition) is 1. The number of hydrogen-bond acceptors (Lipinski definition) is 4. The summed E-state index contributed by atoms with van der Waals surface area (Å²) in [5, 5.41) is 4.09. The van der Waals surface area contributed by atoms with Gasteiger partial charge in [0, 0.05) is 38.3 Å². The van der Waals surface area contributed by atoms with Crippen molar-refractivity contribution in [3.8, 4) is 0 Å². The van der Waals surface area contributed by atoms with Crippen LogP contribution in [0.4, 0.5) is 5.82 Å². The third-order valence-electron chi connectivity index (χ3n) is 5.41. The van der Waals surface area contributed by atoms with E-state index >= 15 is 0 Å². The summed E-state index contributed by atoms with van der Waals surface area (Å²) in [4.78, 5) is 21.2. The molecule has 0 bridgehead atoms. The minimum Gasteiger partial charge on any atom is -0.352 e. The Hall–Kier alpha value is -1.33. The second kappa shape index (κ2) is 5.70. The Labute approximate surface area is 135 Å². The molecular weight excluding hydrogens is 300 g/mol. The smallest absolute Gasteiger partial charge is 0.226 e. The first-order valence-electron chi connectivity index (χ1n) is 8.09. The van der Waals surface area contributed by atoms with E-state index in [4.69, 9.17) is 11.6 Å². The van der Waals surface area contributed by atoms with Gasteiger partial charge in [0.25, 0.3) is 0 Å². The Balaban J connectivity index is 1.36. The number of carbonyl (C=O) groups is 1. The molecule has 3 heterocycles. The second-order valence-electron chi connectivity index (χ2n) is 6.55.